The summed E-state index contributed by atoms with van der Waals surface area (Å²) >= 11 is 0. The number of urea groups is 1. The molecule has 3 unspecified atom stereocenters. The van der Waals surface area contributed by atoms with Crippen LogP contribution in [0.25, 0.3) is 0 Å². The summed E-state index contributed by atoms with van der Waals surface area (Å²) in [7, 11) is 0. The molecule has 4 N–H and O–H groups in total. The second kappa shape index (κ2) is 5.70. The lowest BCUT2D eigenvalue weighted by atomic mass is 10.0. The lowest BCUT2D eigenvalue weighted by molar-refractivity contribution is -0.142. The van der Waals surface area contributed by atoms with E-state index in [-0.39, 0.29) is 19.3 Å². The average molecular weight is 268 g/mol. The van der Waals surface area contributed by atoms with E-state index < -0.39 is 24.0 Å². The van der Waals surface area contributed by atoms with E-state index in [0.29, 0.717) is 0 Å². The van der Waals surface area contributed by atoms with Crippen molar-refractivity contribution in [3.8, 4) is 0 Å². The number of nitrogens with one attached hydrogen (secondary N) is 3. The Balaban J connectivity index is 1.86. The molecule has 1 aromatic heterocycles. The summed E-state index contributed by atoms with van der Waals surface area (Å²) in [6.07, 6.45) is 3.30. The van der Waals surface area contributed by atoms with Crippen LogP contribution in [0.4, 0.5) is 4.79 Å². The van der Waals surface area contributed by atoms with Crippen LogP contribution in [-0.4, -0.2) is 46.6 Å². The zero-order valence-corrected chi connectivity index (χ0v) is 10.4. The second-order valence-electron chi connectivity index (χ2n) is 4.46. The zero-order valence-electron chi connectivity index (χ0n) is 10.4. The summed E-state index contributed by atoms with van der Waals surface area (Å²) in [6.45, 7) is 2.15. The van der Waals surface area contributed by atoms with Gasteiger partial charge in [-0.05, 0) is 6.92 Å². The van der Waals surface area contributed by atoms with Crippen molar-refractivity contribution in [2.75, 3.05) is 13.2 Å². The molecule has 1 aliphatic heterocycles. The van der Waals surface area contributed by atoms with Crippen molar-refractivity contribution >= 4 is 12.0 Å². The van der Waals surface area contributed by atoms with E-state index in [1.807, 2.05) is 6.92 Å². The van der Waals surface area contributed by atoms with Crippen LogP contribution < -0.4 is 10.6 Å². The number of ether oxygens (including phenoxy) is 1. The van der Waals surface area contributed by atoms with Gasteiger partial charge in [-0.3, -0.25) is 9.89 Å². The first-order chi connectivity index (χ1) is 9.08. The highest BCUT2D eigenvalue weighted by molar-refractivity contribution is 5.77. The van der Waals surface area contributed by atoms with E-state index in [1.165, 1.54) is 0 Å². The molecule has 0 bridgehead atoms. The summed E-state index contributed by atoms with van der Waals surface area (Å²) < 4.78 is 5.07. The normalized spacial score (nSPS) is 23.8. The number of H-pyrrole nitrogens is 1. The molecular weight excluding hydrogens is 252 g/mol. The molecule has 104 valence electrons. The van der Waals surface area contributed by atoms with E-state index in [9.17, 15) is 9.59 Å². The van der Waals surface area contributed by atoms with Crippen molar-refractivity contribution in [1.82, 2.24) is 20.8 Å². The maximum atomic E-state index is 11.8. The van der Waals surface area contributed by atoms with Gasteiger partial charge in [-0.25, -0.2) is 4.79 Å². The number of hydrogen-bond acceptors (Lipinski definition) is 4. The fraction of sp³-hybridized carbons (Fsp3) is 0.545. The van der Waals surface area contributed by atoms with Crippen LogP contribution in [0.3, 0.4) is 0 Å². The highest BCUT2D eigenvalue weighted by Gasteiger charge is 2.35. The number of carboxylic acid groups (broad SMARTS) is 1. The van der Waals surface area contributed by atoms with Gasteiger partial charge in [-0.2, -0.15) is 5.10 Å². The fourth-order valence-corrected chi connectivity index (χ4v) is 1.93. The van der Waals surface area contributed by atoms with Gasteiger partial charge >= 0.3 is 12.0 Å². The third kappa shape index (κ3) is 3.22. The van der Waals surface area contributed by atoms with Crippen LogP contribution in [0, 0.1) is 5.92 Å². The number of hydrogen-bond donors (Lipinski definition) is 4. The minimum atomic E-state index is -0.967. The Kier molecular flexibility index (Phi) is 4.00. The van der Waals surface area contributed by atoms with Gasteiger partial charge in [-0.15, -0.1) is 0 Å². The van der Waals surface area contributed by atoms with Gasteiger partial charge in [0, 0.05) is 11.8 Å². The Hall–Kier alpha value is -2.09. The molecule has 2 heterocycles. The molecule has 0 spiro atoms. The Bertz CT molecular complexity index is 448. The molecule has 0 saturated carbocycles. The molecule has 1 aliphatic rings. The van der Waals surface area contributed by atoms with Crippen molar-refractivity contribution in [2.45, 2.75) is 19.0 Å². The van der Waals surface area contributed by atoms with Gasteiger partial charge in [0.1, 0.15) is 5.92 Å². The minimum absolute atomic E-state index is 0.123. The van der Waals surface area contributed by atoms with E-state index in [1.54, 1.807) is 12.4 Å². The number of carbonyl (C=O) groups is 2. The molecule has 1 aromatic rings. The van der Waals surface area contributed by atoms with E-state index in [4.69, 9.17) is 9.84 Å². The molecule has 2 rings (SSSR count). The van der Waals surface area contributed by atoms with Crippen molar-refractivity contribution in [2.24, 2.45) is 5.92 Å². The number of aromatic nitrogens is 2. The zero-order chi connectivity index (χ0) is 13.8. The predicted molar refractivity (Wildman–Crippen MR) is 64.4 cm³/mol. The number of nitrogens with zero attached hydrogens (tertiary/aromatic N) is 1. The molecule has 3 atom stereocenters. The first kappa shape index (κ1) is 13.3. The molecule has 0 aromatic carbocycles. The van der Waals surface area contributed by atoms with Gasteiger partial charge in [0.25, 0.3) is 0 Å². The highest BCUT2D eigenvalue weighted by Crippen LogP contribution is 2.14. The van der Waals surface area contributed by atoms with Gasteiger partial charge in [0.15, 0.2) is 0 Å². The van der Waals surface area contributed by atoms with E-state index >= 15 is 0 Å². The molecule has 2 amide bonds. The quantitative estimate of drug-likeness (QED) is 0.607. The molecule has 8 nitrogen and oxygen atoms in total. The van der Waals surface area contributed by atoms with Crippen molar-refractivity contribution in [3.63, 3.8) is 0 Å². The summed E-state index contributed by atoms with van der Waals surface area (Å²) in [5.41, 5.74) is 0.840. The smallest absolute Gasteiger partial charge is 0.315 e. The fourth-order valence-electron chi connectivity index (χ4n) is 1.93. The number of carbonyl (C=O) groups excluding carboxylic acids is 1. The van der Waals surface area contributed by atoms with E-state index in [0.717, 1.165) is 5.56 Å². The van der Waals surface area contributed by atoms with Crippen LogP contribution in [-0.2, 0) is 9.53 Å². The topological polar surface area (TPSA) is 116 Å². The molecule has 0 radical (unpaired) electrons. The van der Waals surface area contributed by atoms with E-state index in [2.05, 4.69) is 20.8 Å². The third-order valence-corrected chi connectivity index (χ3v) is 3.08. The Morgan fingerprint density at radius 3 is 3.00 bits per heavy atom. The second-order valence-corrected chi connectivity index (χ2v) is 4.46. The Morgan fingerprint density at radius 1 is 1.58 bits per heavy atom. The number of amides is 2. The lowest BCUT2D eigenvalue weighted by Crippen LogP contribution is -2.47. The van der Waals surface area contributed by atoms with Crippen LogP contribution in [0.1, 0.15) is 18.5 Å². The van der Waals surface area contributed by atoms with Crippen molar-refractivity contribution in [3.05, 3.63) is 18.0 Å². The highest BCUT2D eigenvalue weighted by atomic mass is 16.5. The van der Waals surface area contributed by atoms with Crippen LogP contribution in [0.2, 0.25) is 0 Å². The summed E-state index contributed by atoms with van der Waals surface area (Å²) in [5, 5.41) is 20.7. The first-order valence-corrected chi connectivity index (χ1v) is 5.94. The largest absolute Gasteiger partial charge is 0.481 e. The number of aliphatic carboxylic acids is 1. The van der Waals surface area contributed by atoms with Crippen molar-refractivity contribution < 1.29 is 19.4 Å². The molecule has 19 heavy (non-hydrogen) atoms. The molecule has 1 saturated heterocycles. The van der Waals surface area contributed by atoms with Crippen LogP contribution >= 0.6 is 0 Å². The molecular formula is C11H16N4O4. The first-order valence-electron chi connectivity index (χ1n) is 5.94. The van der Waals surface area contributed by atoms with Crippen LogP contribution in [0.5, 0.6) is 0 Å². The predicted octanol–water partition coefficient (Wildman–Crippen LogP) is -0.130. The van der Waals surface area contributed by atoms with Crippen molar-refractivity contribution in [1.29, 1.82) is 0 Å². The maximum absolute atomic E-state index is 11.8. The standard InChI is InChI=1S/C11H16N4O4/c1-6(7-2-12-13-3-7)14-11(18)15-9-5-19-4-8(9)10(16)17/h2-3,6,8-9H,4-5H2,1H3,(H,12,13)(H,16,17)(H2,14,15,18). The van der Waals surface area contributed by atoms with Gasteiger partial charge in [-0.1, -0.05) is 0 Å². The average Bonchev–Trinajstić information content (AvgIpc) is 2.98. The number of rotatable bonds is 4. The van der Waals surface area contributed by atoms with Gasteiger partial charge in [0.2, 0.25) is 0 Å². The molecule has 8 heteroatoms. The molecule has 1 fully saturated rings. The Labute approximate surface area is 109 Å². The lowest BCUT2D eigenvalue weighted by Gasteiger charge is -2.18. The summed E-state index contributed by atoms with van der Waals surface area (Å²) in [5.74, 6) is -1.67. The van der Waals surface area contributed by atoms with Gasteiger partial charge in [0.05, 0.1) is 31.5 Å². The Morgan fingerprint density at radius 2 is 2.37 bits per heavy atom. The summed E-state index contributed by atoms with van der Waals surface area (Å²) in [6, 6.07) is -1.14. The van der Waals surface area contributed by atoms with Gasteiger partial charge < -0.3 is 20.5 Å². The monoisotopic (exact) mass is 268 g/mol. The van der Waals surface area contributed by atoms with Crippen LogP contribution in [0.15, 0.2) is 12.4 Å². The number of aromatic amines is 1. The maximum Gasteiger partial charge on any atom is 0.315 e. The third-order valence-electron chi connectivity index (χ3n) is 3.08. The SMILES string of the molecule is CC(NC(=O)NC1COCC1C(=O)O)c1cn[nH]c1. The molecule has 0 aliphatic carbocycles. The minimum Gasteiger partial charge on any atom is -0.481 e. The number of carboxylic acids is 1. The summed E-state index contributed by atoms with van der Waals surface area (Å²) in [4.78, 5) is 22.7.